The summed E-state index contributed by atoms with van der Waals surface area (Å²) in [5, 5.41) is 0.458. The summed E-state index contributed by atoms with van der Waals surface area (Å²) in [6.45, 7) is 5.18. The number of hydrogen-bond acceptors (Lipinski definition) is 3. The van der Waals surface area contributed by atoms with Crippen LogP contribution in [0.4, 0.5) is 5.69 Å². The Hall–Kier alpha value is -2.05. The van der Waals surface area contributed by atoms with Gasteiger partial charge < -0.3 is 4.90 Å². The zero-order chi connectivity index (χ0) is 20.3. The van der Waals surface area contributed by atoms with Gasteiger partial charge in [-0.1, -0.05) is 30.7 Å². The quantitative estimate of drug-likeness (QED) is 0.731. The lowest BCUT2D eigenvalue weighted by Gasteiger charge is -2.32. The minimum absolute atomic E-state index is 0.110. The van der Waals surface area contributed by atoms with Crippen molar-refractivity contribution in [3.8, 4) is 0 Å². The fourth-order valence-electron chi connectivity index (χ4n) is 3.31. The molecule has 150 valence electrons. The number of likely N-dealkylation sites (tertiary alicyclic amines) is 1. The lowest BCUT2D eigenvalue weighted by atomic mass is 9.99. The third-order valence-corrected chi connectivity index (χ3v) is 7.15. The number of carbonyl (C=O) groups is 1. The molecule has 1 fully saturated rings. The van der Waals surface area contributed by atoms with E-state index in [-0.39, 0.29) is 17.3 Å². The van der Waals surface area contributed by atoms with E-state index >= 15 is 0 Å². The van der Waals surface area contributed by atoms with Gasteiger partial charge in [-0.25, -0.2) is 8.42 Å². The van der Waals surface area contributed by atoms with Gasteiger partial charge in [-0.2, -0.15) is 0 Å². The molecular formula is C21H25ClN2O3S. The molecule has 1 aliphatic rings. The third-order valence-electron chi connectivity index (χ3n) is 5.11. The first kappa shape index (κ1) is 20.7. The molecule has 0 radical (unpaired) electrons. The van der Waals surface area contributed by atoms with Gasteiger partial charge in [0, 0.05) is 18.1 Å². The number of amides is 1. The van der Waals surface area contributed by atoms with Gasteiger partial charge >= 0.3 is 0 Å². The van der Waals surface area contributed by atoms with Gasteiger partial charge in [0.25, 0.3) is 10.0 Å². The molecule has 2 aromatic carbocycles. The summed E-state index contributed by atoms with van der Waals surface area (Å²) in [4.78, 5) is 14.8. The van der Waals surface area contributed by atoms with Gasteiger partial charge in [-0.3, -0.25) is 9.10 Å². The molecule has 0 spiro atoms. The van der Waals surface area contributed by atoms with Crippen LogP contribution in [0.15, 0.2) is 53.4 Å². The largest absolute Gasteiger partial charge is 0.341 e. The highest BCUT2D eigenvalue weighted by molar-refractivity contribution is 7.92. The molecule has 0 aliphatic carbocycles. The second kappa shape index (κ2) is 8.53. The molecular weight excluding hydrogens is 396 g/mol. The zero-order valence-electron chi connectivity index (χ0n) is 16.1. The highest BCUT2D eigenvalue weighted by Gasteiger charge is 2.30. The topological polar surface area (TPSA) is 57.7 Å². The Morgan fingerprint density at radius 3 is 2.39 bits per heavy atom. The Bertz CT molecular complexity index is 936. The lowest BCUT2D eigenvalue weighted by molar-refractivity contribution is -0.130. The summed E-state index contributed by atoms with van der Waals surface area (Å²) < 4.78 is 27.9. The maximum absolute atomic E-state index is 13.3. The number of hydrogen-bond donors (Lipinski definition) is 0. The number of benzene rings is 2. The van der Waals surface area contributed by atoms with Crippen molar-refractivity contribution in [3.05, 3.63) is 59.1 Å². The number of piperidine rings is 1. The Morgan fingerprint density at radius 1 is 1.14 bits per heavy atom. The van der Waals surface area contributed by atoms with Crippen LogP contribution in [0.25, 0.3) is 0 Å². The fourth-order valence-corrected chi connectivity index (χ4v) is 4.84. The van der Waals surface area contributed by atoms with Crippen molar-refractivity contribution in [2.24, 2.45) is 5.92 Å². The van der Waals surface area contributed by atoms with Gasteiger partial charge in [0.15, 0.2) is 0 Å². The molecule has 0 bridgehead atoms. The highest BCUT2D eigenvalue weighted by Crippen LogP contribution is 2.26. The number of carbonyl (C=O) groups excluding carboxylic acids is 1. The maximum atomic E-state index is 13.3. The molecule has 0 saturated carbocycles. The van der Waals surface area contributed by atoms with E-state index in [9.17, 15) is 13.2 Å². The van der Waals surface area contributed by atoms with Crippen LogP contribution in [0.2, 0.25) is 5.02 Å². The first-order valence-electron chi connectivity index (χ1n) is 9.40. The summed E-state index contributed by atoms with van der Waals surface area (Å²) in [6, 6.07) is 13.2. The van der Waals surface area contributed by atoms with E-state index < -0.39 is 10.0 Å². The Morgan fingerprint density at radius 2 is 1.79 bits per heavy atom. The van der Waals surface area contributed by atoms with Crippen LogP contribution < -0.4 is 4.31 Å². The van der Waals surface area contributed by atoms with Gasteiger partial charge in [0.05, 0.1) is 10.6 Å². The monoisotopic (exact) mass is 420 g/mol. The molecule has 1 heterocycles. The molecule has 2 aromatic rings. The minimum Gasteiger partial charge on any atom is -0.341 e. The summed E-state index contributed by atoms with van der Waals surface area (Å²) in [5.74, 6) is 0.417. The van der Waals surface area contributed by atoms with Crippen LogP contribution in [0, 0.1) is 12.8 Å². The molecule has 28 heavy (non-hydrogen) atoms. The van der Waals surface area contributed by atoms with E-state index in [0.717, 1.165) is 18.4 Å². The van der Waals surface area contributed by atoms with Crippen LogP contribution >= 0.6 is 11.6 Å². The van der Waals surface area contributed by atoms with Crippen molar-refractivity contribution in [3.63, 3.8) is 0 Å². The summed E-state index contributed by atoms with van der Waals surface area (Å²) in [7, 11) is -3.90. The van der Waals surface area contributed by atoms with Crippen molar-refractivity contribution in [1.82, 2.24) is 4.90 Å². The molecule has 0 aromatic heterocycles. The van der Waals surface area contributed by atoms with E-state index in [4.69, 9.17) is 11.6 Å². The first-order chi connectivity index (χ1) is 13.3. The number of aryl methyl sites for hydroxylation is 1. The number of nitrogens with zero attached hydrogens (tertiary/aromatic N) is 2. The molecule has 1 aliphatic heterocycles. The van der Waals surface area contributed by atoms with E-state index in [2.05, 4.69) is 6.92 Å². The SMILES string of the molecule is Cc1cccc(N(CC(=O)N2CCC(C)CC2)S(=O)(=O)c2ccc(Cl)cc2)c1. The van der Waals surface area contributed by atoms with Crippen LogP contribution in [-0.2, 0) is 14.8 Å². The van der Waals surface area contributed by atoms with E-state index in [1.165, 1.54) is 28.6 Å². The van der Waals surface area contributed by atoms with Crippen LogP contribution in [0.5, 0.6) is 0 Å². The predicted molar refractivity (Wildman–Crippen MR) is 112 cm³/mol. The van der Waals surface area contributed by atoms with Crippen LogP contribution in [0.3, 0.4) is 0 Å². The fraction of sp³-hybridized carbons (Fsp3) is 0.381. The van der Waals surface area contributed by atoms with E-state index in [1.54, 1.807) is 23.1 Å². The second-order valence-corrected chi connectivity index (χ2v) is 9.67. The average Bonchev–Trinajstić information content (AvgIpc) is 2.66. The molecule has 0 N–H and O–H groups in total. The van der Waals surface area contributed by atoms with Crippen molar-refractivity contribution in [1.29, 1.82) is 0 Å². The van der Waals surface area contributed by atoms with Crippen LogP contribution in [0.1, 0.15) is 25.3 Å². The highest BCUT2D eigenvalue weighted by atomic mass is 35.5. The molecule has 0 atom stereocenters. The van der Waals surface area contributed by atoms with Gasteiger partial charge in [-0.15, -0.1) is 0 Å². The van der Waals surface area contributed by atoms with Crippen molar-refractivity contribution in [2.45, 2.75) is 31.6 Å². The maximum Gasteiger partial charge on any atom is 0.264 e. The number of halogens is 1. The van der Waals surface area contributed by atoms with Crippen LogP contribution in [-0.4, -0.2) is 38.9 Å². The van der Waals surface area contributed by atoms with E-state index in [0.29, 0.717) is 29.7 Å². The lowest BCUT2D eigenvalue weighted by Crippen LogP contribution is -2.45. The second-order valence-electron chi connectivity index (χ2n) is 7.37. The molecule has 5 nitrogen and oxygen atoms in total. The number of sulfonamides is 1. The molecule has 0 unspecified atom stereocenters. The van der Waals surface area contributed by atoms with Crippen molar-refractivity contribution < 1.29 is 13.2 Å². The Kier molecular flexibility index (Phi) is 6.30. The predicted octanol–water partition coefficient (Wildman–Crippen LogP) is 4.10. The normalized spacial score (nSPS) is 15.5. The first-order valence-corrected chi connectivity index (χ1v) is 11.2. The summed E-state index contributed by atoms with van der Waals surface area (Å²) in [6.07, 6.45) is 1.89. The molecule has 7 heteroatoms. The Labute approximate surface area is 172 Å². The minimum atomic E-state index is -3.90. The smallest absolute Gasteiger partial charge is 0.264 e. The standard InChI is InChI=1S/C21H25ClN2O3S/c1-16-10-12-23(13-11-16)21(25)15-24(19-5-3-4-17(2)14-19)28(26,27)20-8-6-18(22)7-9-20/h3-9,14,16H,10-13,15H2,1-2H3. The average molecular weight is 421 g/mol. The number of rotatable bonds is 5. The molecule has 3 rings (SSSR count). The molecule has 1 saturated heterocycles. The van der Waals surface area contributed by atoms with Crippen molar-refractivity contribution >= 4 is 33.2 Å². The summed E-state index contributed by atoms with van der Waals surface area (Å²) >= 11 is 5.91. The van der Waals surface area contributed by atoms with Crippen molar-refractivity contribution in [2.75, 3.05) is 23.9 Å². The van der Waals surface area contributed by atoms with Gasteiger partial charge in [-0.05, 0) is 67.6 Å². The summed E-state index contributed by atoms with van der Waals surface area (Å²) in [5.41, 5.74) is 1.40. The Balaban J connectivity index is 1.93. The van der Waals surface area contributed by atoms with Gasteiger partial charge in [0.2, 0.25) is 5.91 Å². The third kappa shape index (κ3) is 4.67. The molecule has 1 amide bonds. The number of anilines is 1. The van der Waals surface area contributed by atoms with Gasteiger partial charge in [0.1, 0.15) is 6.54 Å². The zero-order valence-corrected chi connectivity index (χ0v) is 17.7. The van der Waals surface area contributed by atoms with E-state index in [1.807, 2.05) is 13.0 Å².